The Morgan fingerprint density at radius 1 is 0.198 bits per heavy atom. The van der Waals surface area contributed by atoms with Crippen LogP contribution in [0.15, 0.2) is 0 Å². The number of hydrogen-bond donors (Lipinski definition) is 19. The summed E-state index contributed by atoms with van der Waals surface area (Å²) in [7, 11) is 0. The fourth-order valence-electron chi connectivity index (χ4n) is 6.64. The van der Waals surface area contributed by atoms with E-state index >= 15 is 0 Å². The van der Waals surface area contributed by atoms with E-state index in [-0.39, 0.29) is 66.1 Å². The standard InChI is InChI=1S/4C12H24O2.5C3H8O3/c4*1-2-3-4-5-6-7-8-9-10-11-12(13)14;5*4-1-3(6)2-5/h4*2-11H2,1H3,(H,13,14);5*3-6H,1-2H2. The zero-order valence-corrected chi connectivity index (χ0v) is 54.4. The van der Waals surface area contributed by atoms with Crippen LogP contribution < -0.4 is 0 Å². The highest BCUT2D eigenvalue weighted by Crippen LogP contribution is 2.13. The first-order chi connectivity index (χ1) is 41.1. The highest BCUT2D eigenvalue weighted by atomic mass is 16.4. The molecule has 0 amide bonds. The summed E-state index contributed by atoms with van der Waals surface area (Å²) < 4.78 is 0. The number of carboxylic acids is 4. The van der Waals surface area contributed by atoms with Gasteiger partial charge < -0.3 is 97.0 Å². The van der Waals surface area contributed by atoms with Crippen molar-refractivity contribution in [2.45, 2.75) is 315 Å². The molecular formula is C63H136O23. The highest BCUT2D eigenvalue weighted by molar-refractivity contribution is 5.67. The maximum absolute atomic E-state index is 10.2. The van der Waals surface area contributed by atoms with Crippen molar-refractivity contribution in [3.05, 3.63) is 0 Å². The summed E-state index contributed by atoms with van der Waals surface area (Å²) >= 11 is 0. The average Bonchev–Trinajstić information content (AvgIpc) is 3.51. The fraction of sp³-hybridized carbons (Fsp3) is 0.937. The molecular weight excluding hydrogens is 1120 g/mol. The molecule has 0 aromatic heterocycles. The number of aliphatic hydroxyl groups is 15. The number of carbonyl (C=O) groups is 4. The van der Waals surface area contributed by atoms with Gasteiger partial charge in [0.1, 0.15) is 30.5 Å². The first-order valence-corrected chi connectivity index (χ1v) is 32.5. The van der Waals surface area contributed by atoms with Crippen LogP contribution in [0.1, 0.15) is 285 Å². The number of rotatable bonds is 50. The molecule has 0 aliphatic heterocycles. The molecule has 526 valence electrons. The molecule has 0 saturated heterocycles. The minimum absolute atomic E-state index is 0.343. The maximum Gasteiger partial charge on any atom is 0.303 e. The Bertz CT molecular complexity index is 1000. The minimum atomic E-state index is -0.954. The molecule has 0 aliphatic carbocycles. The molecule has 0 heterocycles. The number of hydrogen-bond acceptors (Lipinski definition) is 19. The zero-order valence-electron chi connectivity index (χ0n) is 54.4. The summed E-state index contributed by atoms with van der Waals surface area (Å²) in [4.78, 5) is 40.8. The van der Waals surface area contributed by atoms with Gasteiger partial charge in [-0.3, -0.25) is 19.2 Å². The number of unbranched alkanes of at least 4 members (excludes halogenated alkanes) is 32. The van der Waals surface area contributed by atoms with Crippen molar-refractivity contribution in [1.82, 2.24) is 0 Å². The van der Waals surface area contributed by atoms with Crippen molar-refractivity contribution in [2.24, 2.45) is 0 Å². The molecule has 0 bridgehead atoms. The molecule has 0 radical (unpaired) electrons. The first-order valence-electron chi connectivity index (χ1n) is 32.5. The summed E-state index contributed by atoms with van der Waals surface area (Å²) in [5.74, 6) is -2.64. The lowest BCUT2D eigenvalue weighted by Gasteiger charge is -2.00. The van der Waals surface area contributed by atoms with Gasteiger partial charge in [0.2, 0.25) is 0 Å². The normalized spacial score (nSPS) is 10.2. The Hall–Kier alpha value is -2.72. The van der Waals surface area contributed by atoms with Gasteiger partial charge in [-0.2, -0.15) is 0 Å². The second-order valence-corrected chi connectivity index (χ2v) is 21.0. The molecule has 0 unspecified atom stereocenters. The molecule has 0 spiro atoms. The van der Waals surface area contributed by atoms with Gasteiger partial charge in [-0.05, 0) is 25.7 Å². The molecule has 19 N–H and O–H groups in total. The molecule has 0 fully saturated rings. The van der Waals surface area contributed by atoms with Gasteiger partial charge >= 0.3 is 23.9 Å². The summed E-state index contributed by atoms with van der Waals surface area (Å²) in [5.41, 5.74) is 0. The van der Waals surface area contributed by atoms with Crippen molar-refractivity contribution < 1.29 is 116 Å². The first kappa shape index (κ1) is 102. The Labute approximate surface area is 519 Å². The lowest BCUT2D eigenvalue weighted by atomic mass is 10.1. The highest BCUT2D eigenvalue weighted by Gasteiger charge is 2.01. The van der Waals surface area contributed by atoms with Gasteiger partial charge in [0.15, 0.2) is 0 Å². The van der Waals surface area contributed by atoms with Crippen LogP contribution in [0.2, 0.25) is 0 Å². The van der Waals surface area contributed by atoms with Gasteiger partial charge in [0, 0.05) is 25.7 Å². The van der Waals surface area contributed by atoms with Crippen LogP contribution in [0, 0.1) is 0 Å². The van der Waals surface area contributed by atoms with E-state index in [1.807, 2.05) is 0 Å². The van der Waals surface area contributed by atoms with Gasteiger partial charge in [0.25, 0.3) is 0 Å². The second kappa shape index (κ2) is 98.5. The van der Waals surface area contributed by atoms with Crippen molar-refractivity contribution in [3.63, 3.8) is 0 Å². The number of aliphatic hydroxyl groups excluding tert-OH is 15. The van der Waals surface area contributed by atoms with Gasteiger partial charge in [-0.25, -0.2) is 0 Å². The third kappa shape index (κ3) is 139. The van der Waals surface area contributed by atoms with Crippen molar-refractivity contribution in [1.29, 1.82) is 0 Å². The van der Waals surface area contributed by atoms with Crippen LogP contribution in [0.4, 0.5) is 0 Å². The van der Waals surface area contributed by atoms with E-state index in [2.05, 4.69) is 27.7 Å². The van der Waals surface area contributed by atoms with Gasteiger partial charge in [0.05, 0.1) is 66.1 Å². The average molecular weight is 1260 g/mol. The van der Waals surface area contributed by atoms with E-state index in [4.69, 9.17) is 97.0 Å². The van der Waals surface area contributed by atoms with E-state index in [0.29, 0.717) is 25.7 Å². The summed E-state index contributed by atoms with van der Waals surface area (Å²) in [6.45, 7) is 5.27. The smallest absolute Gasteiger partial charge is 0.303 e. The van der Waals surface area contributed by atoms with Crippen LogP contribution in [0.5, 0.6) is 0 Å². The molecule has 0 saturated carbocycles. The second-order valence-electron chi connectivity index (χ2n) is 21.0. The van der Waals surface area contributed by atoms with Crippen LogP contribution in [0.3, 0.4) is 0 Å². The van der Waals surface area contributed by atoms with Crippen molar-refractivity contribution in [2.75, 3.05) is 66.1 Å². The number of carboxylic acid groups (broad SMARTS) is 4. The Balaban J connectivity index is -0.000000114. The lowest BCUT2D eigenvalue weighted by molar-refractivity contribution is -0.138. The molecule has 0 atom stereocenters. The molecule has 0 aromatic carbocycles. The van der Waals surface area contributed by atoms with E-state index < -0.39 is 54.4 Å². The Kier molecular flexibility index (Phi) is 117. The predicted octanol–water partition coefficient (Wildman–Crippen LogP) is 7.63. The van der Waals surface area contributed by atoms with E-state index in [9.17, 15) is 19.2 Å². The van der Waals surface area contributed by atoms with Crippen molar-refractivity contribution >= 4 is 23.9 Å². The third-order valence-corrected chi connectivity index (χ3v) is 12.1. The van der Waals surface area contributed by atoms with E-state index in [1.54, 1.807) is 0 Å². The molecule has 23 heteroatoms. The Morgan fingerprint density at radius 2 is 0.291 bits per heavy atom. The largest absolute Gasteiger partial charge is 0.481 e. The van der Waals surface area contributed by atoms with E-state index in [1.165, 1.54) is 180 Å². The minimum Gasteiger partial charge on any atom is -0.481 e. The zero-order chi connectivity index (χ0) is 67.6. The van der Waals surface area contributed by atoms with E-state index in [0.717, 1.165) is 51.4 Å². The molecule has 0 rings (SSSR count). The van der Waals surface area contributed by atoms with Gasteiger partial charge in [-0.15, -0.1) is 0 Å². The van der Waals surface area contributed by atoms with Crippen LogP contribution in [-0.4, -0.2) is 217 Å². The Morgan fingerprint density at radius 3 is 0.360 bits per heavy atom. The maximum atomic E-state index is 10.2. The molecule has 86 heavy (non-hydrogen) atoms. The summed E-state index contributed by atoms with van der Waals surface area (Å²) in [6, 6.07) is 0. The summed E-state index contributed by atoms with van der Waals surface area (Å²) in [6.07, 6.45) is 41.1. The molecule has 0 aliphatic rings. The molecule has 23 nitrogen and oxygen atoms in total. The van der Waals surface area contributed by atoms with Crippen LogP contribution >= 0.6 is 0 Å². The fourth-order valence-corrected chi connectivity index (χ4v) is 6.64. The quantitative estimate of drug-likeness (QED) is 0.0260. The van der Waals surface area contributed by atoms with Gasteiger partial charge in [-0.1, -0.05) is 233 Å². The van der Waals surface area contributed by atoms with Crippen LogP contribution in [-0.2, 0) is 19.2 Å². The van der Waals surface area contributed by atoms with Crippen LogP contribution in [0.25, 0.3) is 0 Å². The number of aliphatic carboxylic acids is 4. The monoisotopic (exact) mass is 1260 g/mol. The topological polar surface area (TPSA) is 453 Å². The molecule has 0 aromatic rings. The third-order valence-electron chi connectivity index (χ3n) is 12.1. The summed E-state index contributed by atoms with van der Waals surface area (Å²) in [5, 5.41) is 154. The SMILES string of the molecule is CCCCCCCCCCCC(=O)O.CCCCCCCCCCCC(=O)O.CCCCCCCCCCCC(=O)O.CCCCCCCCCCCC(=O)O.OCC(O)CO.OCC(O)CO.OCC(O)CO.OCC(O)CO.OCC(O)CO. The van der Waals surface area contributed by atoms with Crippen molar-refractivity contribution in [3.8, 4) is 0 Å². The lowest BCUT2D eigenvalue weighted by Crippen LogP contribution is -2.15. The predicted molar refractivity (Wildman–Crippen MR) is 339 cm³/mol.